The van der Waals surface area contributed by atoms with Crippen LogP contribution < -0.4 is 0 Å². The highest BCUT2D eigenvalue weighted by Crippen LogP contribution is 2.50. The zero-order valence-electron chi connectivity index (χ0n) is 17.8. The zero-order valence-corrected chi connectivity index (χ0v) is 18.7. The summed E-state index contributed by atoms with van der Waals surface area (Å²) in [6.45, 7) is 7.14. The molecule has 0 amide bonds. The summed E-state index contributed by atoms with van der Waals surface area (Å²) in [7, 11) is -3.54. The smallest absolute Gasteiger partial charge is 0.477 e. The van der Waals surface area contributed by atoms with Crippen LogP contribution in [0.1, 0.15) is 50.6 Å². The summed E-state index contributed by atoms with van der Waals surface area (Å²) < 4.78 is 26.0. The zero-order chi connectivity index (χ0) is 23.4. The molecule has 0 saturated heterocycles. The molecule has 3 atom stereocenters. The average molecular weight is 446 g/mol. The highest BCUT2D eigenvalue weighted by Gasteiger charge is 2.72. The van der Waals surface area contributed by atoms with Crippen LogP contribution in [0.2, 0.25) is 0 Å². The number of benzene rings is 1. The number of rotatable bonds is 7. The van der Waals surface area contributed by atoms with Gasteiger partial charge in [-0.05, 0) is 46.2 Å². The van der Waals surface area contributed by atoms with Gasteiger partial charge in [-0.25, -0.2) is 9.18 Å². The van der Waals surface area contributed by atoms with Crippen molar-refractivity contribution < 1.29 is 28.9 Å². The number of pyridine rings is 1. The molecule has 1 heterocycles. The highest BCUT2D eigenvalue weighted by atomic mass is 31.1. The summed E-state index contributed by atoms with van der Waals surface area (Å²) in [6, 6.07) is 9.79. The number of carbonyl (C=O) groups is 1. The fourth-order valence-corrected chi connectivity index (χ4v) is 4.01. The van der Waals surface area contributed by atoms with E-state index in [1.54, 1.807) is 26.0 Å². The molecule has 0 bridgehead atoms. The lowest BCUT2D eigenvalue weighted by Crippen LogP contribution is -2.56. The summed E-state index contributed by atoms with van der Waals surface area (Å²) in [5, 5.41) is 19.2. The number of aliphatic hydroxyl groups is 1. The highest BCUT2D eigenvalue weighted by molar-refractivity contribution is 7.42. The summed E-state index contributed by atoms with van der Waals surface area (Å²) >= 11 is 0. The maximum absolute atomic E-state index is 13.4. The Balaban J connectivity index is 2.88. The second-order valence-electron chi connectivity index (χ2n) is 7.98. The van der Waals surface area contributed by atoms with E-state index in [4.69, 9.17) is 0 Å². The Kier molecular flexibility index (Phi) is 7.67. The lowest BCUT2D eigenvalue weighted by Gasteiger charge is -2.33. The normalized spacial score (nSPS) is 15.6. The molecule has 0 aliphatic carbocycles. The van der Waals surface area contributed by atoms with Gasteiger partial charge in [-0.3, -0.25) is 4.98 Å². The number of aliphatic carboxylic acids is 1. The summed E-state index contributed by atoms with van der Waals surface area (Å²) in [5.74, 6) is 2.42. The van der Waals surface area contributed by atoms with Crippen LogP contribution in [-0.4, -0.2) is 31.2 Å². The van der Waals surface area contributed by atoms with Crippen LogP contribution in [0.5, 0.6) is 0 Å². The standard InChI is InChI=1S/C23H25FNO5P/c1-15(2)12-13-23(21(26)27,31(29)30)22(28,14-17-8-10-18(24)11-9-17)20-7-5-6-19(25-20)16(3)4/h5-11,15-16,28H,14H2,1-4H3,(H-,26,27,29,30)/p+1. The minimum absolute atomic E-state index is 0.0427. The molecule has 3 N–H and O–H groups in total. The summed E-state index contributed by atoms with van der Waals surface area (Å²) in [6.07, 6.45) is -0.414. The van der Waals surface area contributed by atoms with E-state index in [-0.39, 0.29) is 17.5 Å². The van der Waals surface area contributed by atoms with Gasteiger partial charge in [0.25, 0.3) is 0 Å². The molecule has 6 nitrogen and oxygen atoms in total. The first-order valence-electron chi connectivity index (χ1n) is 9.80. The van der Waals surface area contributed by atoms with Crippen LogP contribution in [0, 0.1) is 23.6 Å². The Hall–Kier alpha value is -2.65. The molecule has 0 fully saturated rings. The van der Waals surface area contributed by atoms with Gasteiger partial charge in [0.15, 0.2) is 5.60 Å². The number of carboxylic acid groups (broad SMARTS) is 1. The molecule has 0 aliphatic rings. The van der Waals surface area contributed by atoms with Gasteiger partial charge in [-0.15, -0.1) is 0 Å². The SMILES string of the molecule is CC(C)C#CC(C(=O)O)([P+](=O)O)C(O)(Cc1ccc(F)cc1)c1cccc(C(C)C)n1. The van der Waals surface area contributed by atoms with E-state index in [0.717, 1.165) is 12.1 Å². The molecule has 0 aliphatic heterocycles. The number of carboxylic acids is 1. The molecule has 164 valence electrons. The lowest BCUT2D eigenvalue weighted by atomic mass is 9.78. The number of halogens is 1. The van der Waals surface area contributed by atoms with Gasteiger partial charge in [0.2, 0.25) is 0 Å². The molecule has 1 aromatic carbocycles. The fourth-order valence-electron chi connectivity index (χ4n) is 3.18. The molecule has 2 aromatic rings. The van der Waals surface area contributed by atoms with E-state index < -0.39 is 37.0 Å². The predicted molar refractivity (Wildman–Crippen MR) is 115 cm³/mol. The third kappa shape index (κ3) is 4.99. The van der Waals surface area contributed by atoms with Gasteiger partial charge in [0.05, 0.1) is 5.69 Å². The van der Waals surface area contributed by atoms with Crippen LogP contribution in [0.15, 0.2) is 42.5 Å². The quantitative estimate of drug-likeness (QED) is 0.439. The fraction of sp³-hybridized carbons (Fsp3) is 0.391. The molecule has 3 unspecified atom stereocenters. The van der Waals surface area contributed by atoms with Crippen LogP contribution in [0.3, 0.4) is 0 Å². The van der Waals surface area contributed by atoms with Gasteiger partial charge in [0, 0.05) is 18.0 Å². The van der Waals surface area contributed by atoms with Crippen molar-refractivity contribution in [1.82, 2.24) is 4.98 Å². The van der Waals surface area contributed by atoms with E-state index in [1.807, 2.05) is 13.8 Å². The first-order chi connectivity index (χ1) is 14.4. The predicted octanol–water partition coefficient (Wildman–Crippen LogP) is 3.99. The minimum atomic E-state index is -3.54. The van der Waals surface area contributed by atoms with Crippen LogP contribution in [0.25, 0.3) is 0 Å². The summed E-state index contributed by atoms with van der Waals surface area (Å²) in [5.41, 5.74) is -1.65. The number of hydrogen-bond acceptors (Lipinski definition) is 4. The molecule has 0 spiro atoms. The van der Waals surface area contributed by atoms with Crippen molar-refractivity contribution >= 4 is 14.0 Å². The van der Waals surface area contributed by atoms with E-state index in [2.05, 4.69) is 16.8 Å². The number of aromatic nitrogens is 1. The van der Waals surface area contributed by atoms with Gasteiger partial charge >= 0.3 is 19.2 Å². The summed E-state index contributed by atoms with van der Waals surface area (Å²) in [4.78, 5) is 27.1. The molecular weight excluding hydrogens is 420 g/mol. The Morgan fingerprint density at radius 1 is 1.16 bits per heavy atom. The molecule has 8 heteroatoms. The first kappa shape index (κ1) is 24.6. The van der Waals surface area contributed by atoms with E-state index >= 15 is 0 Å². The number of hydrogen-bond donors (Lipinski definition) is 3. The van der Waals surface area contributed by atoms with Crippen molar-refractivity contribution in [2.75, 3.05) is 0 Å². The number of nitrogens with zero attached hydrogens (tertiary/aromatic N) is 1. The Labute approximate surface area is 182 Å². The maximum Gasteiger partial charge on any atom is 0.541 e. The van der Waals surface area contributed by atoms with Gasteiger partial charge < -0.3 is 10.2 Å². The molecule has 31 heavy (non-hydrogen) atoms. The Morgan fingerprint density at radius 3 is 2.26 bits per heavy atom. The molecule has 0 radical (unpaired) electrons. The van der Waals surface area contributed by atoms with Crippen molar-refractivity contribution in [2.24, 2.45) is 5.92 Å². The van der Waals surface area contributed by atoms with E-state index in [0.29, 0.717) is 11.3 Å². The minimum Gasteiger partial charge on any atom is -0.477 e. The topological polar surface area (TPSA) is 108 Å². The third-order valence-corrected chi connectivity index (χ3v) is 6.14. The van der Waals surface area contributed by atoms with Gasteiger partial charge in [0.1, 0.15) is 5.82 Å². The Bertz CT molecular complexity index is 1010. The molecule has 2 rings (SSSR count). The Morgan fingerprint density at radius 2 is 1.77 bits per heavy atom. The van der Waals surface area contributed by atoms with Crippen molar-refractivity contribution in [3.8, 4) is 11.8 Å². The van der Waals surface area contributed by atoms with Crippen molar-refractivity contribution in [2.45, 2.75) is 50.8 Å². The molecule has 1 aromatic heterocycles. The maximum atomic E-state index is 13.4. The van der Waals surface area contributed by atoms with Gasteiger partial charge in [-0.2, -0.15) is 4.89 Å². The van der Waals surface area contributed by atoms with E-state index in [1.165, 1.54) is 18.2 Å². The van der Waals surface area contributed by atoms with Crippen molar-refractivity contribution in [3.63, 3.8) is 0 Å². The van der Waals surface area contributed by atoms with Crippen molar-refractivity contribution in [3.05, 3.63) is 65.2 Å². The first-order valence-corrected chi connectivity index (χ1v) is 11.0. The molecule has 0 saturated carbocycles. The lowest BCUT2D eigenvalue weighted by molar-refractivity contribution is -0.146. The van der Waals surface area contributed by atoms with Crippen LogP contribution in [-0.2, 0) is 21.4 Å². The van der Waals surface area contributed by atoms with E-state index in [9.17, 15) is 28.9 Å². The monoisotopic (exact) mass is 446 g/mol. The average Bonchev–Trinajstić information content (AvgIpc) is 2.69. The van der Waals surface area contributed by atoms with Gasteiger partial charge in [-0.1, -0.05) is 51.8 Å². The van der Waals surface area contributed by atoms with Crippen LogP contribution >= 0.6 is 8.03 Å². The molecular formula is C23H26FNO5P+. The second-order valence-corrected chi connectivity index (χ2v) is 9.20. The van der Waals surface area contributed by atoms with Crippen molar-refractivity contribution in [1.29, 1.82) is 0 Å². The largest absolute Gasteiger partial charge is 0.541 e. The third-order valence-electron chi connectivity index (χ3n) is 4.90. The van der Waals surface area contributed by atoms with Crippen LogP contribution in [0.4, 0.5) is 4.39 Å². The second kappa shape index (κ2) is 9.65.